The zero-order chi connectivity index (χ0) is 40.0. The van der Waals surface area contributed by atoms with Crippen LogP contribution in [0.15, 0.2) is 72.9 Å². The van der Waals surface area contributed by atoms with Gasteiger partial charge in [0.15, 0.2) is 6.29 Å². The van der Waals surface area contributed by atoms with Gasteiger partial charge in [-0.1, -0.05) is 151 Å². The molecule has 0 aromatic heterocycles. The zero-order valence-corrected chi connectivity index (χ0v) is 34.4. The molecule has 0 bridgehead atoms. The van der Waals surface area contributed by atoms with Crippen LogP contribution in [0.2, 0.25) is 0 Å². The van der Waals surface area contributed by atoms with Gasteiger partial charge < -0.3 is 39.4 Å². The van der Waals surface area contributed by atoms with E-state index in [1.807, 2.05) is 6.08 Å². The lowest BCUT2D eigenvalue weighted by molar-refractivity contribution is -0.305. The molecule has 9 heteroatoms. The largest absolute Gasteiger partial charge is 0.457 e. The van der Waals surface area contributed by atoms with Gasteiger partial charge in [-0.2, -0.15) is 0 Å². The van der Waals surface area contributed by atoms with E-state index >= 15 is 0 Å². The fraction of sp³-hybridized carbons (Fsp3) is 0.717. The smallest absolute Gasteiger partial charge is 0.310 e. The molecule has 0 amide bonds. The minimum Gasteiger partial charge on any atom is -0.457 e. The zero-order valence-electron chi connectivity index (χ0n) is 34.4. The van der Waals surface area contributed by atoms with Crippen molar-refractivity contribution in [2.24, 2.45) is 0 Å². The van der Waals surface area contributed by atoms with Crippen LogP contribution in [0.3, 0.4) is 0 Å². The Morgan fingerprint density at radius 1 is 0.600 bits per heavy atom. The molecule has 4 N–H and O–H groups in total. The van der Waals surface area contributed by atoms with Crippen molar-refractivity contribution in [2.75, 3.05) is 26.4 Å². The third kappa shape index (κ3) is 28.6. The Bertz CT molecular complexity index is 1060. The lowest BCUT2D eigenvalue weighted by Crippen LogP contribution is -2.59. The highest BCUT2D eigenvalue weighted by Gasteiger charge is 2.44. The van der Waals surface area contributed by atoms with Gasteiger partial charge in [0.1, 0.15) is 30.5 Å². The first-order chi connectivity index (χ1) is 26.9. The summed E-state index contributed by atoms with van der Waals surface area (Å²) in [7, 11) is 0. The molecule has 1 saturated heterocycles. The van der Waals surface area contributed by atoms with Crippen molar-refractivity contribution in [3.63, 3.8) is 0 Å². The Kier molecular flexibility index (Phi) is 34.3. The standard InChI is InChI=1S/C46H78O9/c1-3-5-7-9-11-13-15-17-19-20-22-24-26-28-30-32-34-36-52-38-40(39-53-46-45(51)44(50)43(49)41(37-47)55-46)54-42(48)35-33-31-29-27-25-23-21-18-16-14-12-10-8-6-4-2/h6,8,12,14,18-21,25,27,31,33,40-41,43-47,49-51H,3-5,7,9-11,13,15-17,22-24,26,28-30,32,34-39H2,1-2H3/b8-6-,14-12-,20-19-,21-18-,27-25-,33-31-. The molecule has 1 rings (SSSR count). The van der Waals surface area contributed by atoms with Crippen LogP contribution in [0.4, 0.5) is 0 Å². The molecular weight excluding hydrogens is 696 g/mol. The van der Waals surface area contributed by atoms with Gasteiger partial charge in [-0.25, -0.2) is 0 Å². The highest BCUT2D eigenvalue weighted by atomic mass is 16.7. The summed E-state index contributed by atoms with van der Waals surface area (Å²) in [6.07, 6.45) is 41.0. The molecule has 1 heterocycles. The van der Waals surface area contributed by atoms with Crippen molar-refractivity contribution < 1.29 is 44.2 Å². The van der Waals surface area contributed by atoms with E-state index in [1.165, 1.54) is 70.6 Å². The molecule has 55 heavy (non-hydrogen) atoms. The van der Waals surface area contributed by atoms with Crippen molar-refractivity contribution in [3.05, 3.63) is 72.9 Å². The van der Waals surface area contributed by atoms with E-state index in [4.69, 9.17) is 18.9 Å². The summed E-state index contributed by atoms with van der Waals surface area (Å²) < 4.78 is 22.6. The Balaban J connectivity index is 2.35. The Morgan fingerprint density at radius 2 is 1.11 bits per heavy atom. The predicted molar refractivity (Wildman–Crippen MR) is 224 cm³/mol. The average Bonchev–Trinajstić information content (AvgIpc) is 3.18. The highest BCUT2D eigenvalue weighted by Crippen LogP contribution is 2.22. The number of unbranched alkanes of at least 4 members (excludes halogenated alkanes) is 13. The number of hydrogen-bond donors (Lipinski definition) is 4. The Labute approximate surface area is 334 Å². The van der Waals surface area contributed by atoms with Gasteiger partial charge in [0.05, 0.1) is 26.2 Å². The number of ether oxygens (including phenoxy) is 4. The molecule has 1 fully saturated rings. The summed E-state index contributed by atoms with van der Waals surface area (Å²) >= 11 is 0. The van der Waals surface area contributed by atoms with E-state index in [1.54, 1.807) is 6.08 Å². The number of carbonyl (C=O) groups is 1. The van der Waals surface area contributed by atoms with Crippen LogP contribution in [-0.2, 0) is 23.7 Å². The Hall–Kier alpha value is -2.37. The van der Waals surface area contributed by atoms with Crippen molar-refractivity contribution in [3.8, 4) is 0 Å². The number of allylic oxidation sites excluding steroid dienone is 11. The molecule has 316 valence electrons. The van der Waals surface area contributed by atoms with Gasteiger partial charge in [0.25, 0.3) is 0 Å². The second-order valence-electron chi connectivity index (χ2n) is 14.4. The minimum atomic E-state index is -1.56. The van der Waals surface area contributed by atoms with Gasteiger partial charge in [-0.15, -0.1) is 0 Å². The fourth-order valence-corrected chi connectivity index (χ4v) is 6.03. The second kappa shape index (κ2) is 37.2. The summed E-state index contributed by atoms with van der Waals surface area (Å²) in [6, 6.07) is 0. The third-order valence-electron chi connectivity index (χ3n) is 9.39. The average molecular weight is 775 g/mol. The van der Waals surface area contributed by atoms with Crippen LogP contribution in [-0.4, -0.2) is 89.6 Å². The number of aliphatic hydroxyl groups excluding tert-OH is 4. The van der Waals surface area contributed by atoms with Gasteiger partial charge >= 0.3 is 5.97 Å². The molecule has 1 aliphatic heterocycles. The fourth-order valence-electron chi connectivity index (χ4n) is 6.03. The first kappa shape index (κ1) is 50.6. The summed E-state index contributed by atoms with van der Waals surface area (Å²) in [4.78, 5) is 12.7. The molecule has 9 nitrogen and oxygen atoms in total. The first-order valence-corrected chi connectivity index (χ1v) is 21.5. The topological polar surface area (TPSA) is 135 Å². The van der Waals surface area contributed by atoms with Gasteiger partial charge in [-0.3, -0.25) is 4.79 Å². The van der Waals surface area contributed by atoms with Crippen molar-refractivity contribution in [1.29, 1.82) is 0 Å². The van der Waals surface area contributed by atoms with Crippen molar-refractivity contribution >= 4 is 5.97 Å². The lowest BCUT2D eigenvalue weighted by atomic mass is 9.99. The van der Waals surface area contributed by atoms with Crippen LogP contribution in [0.5, 0.6) is 0 Å². The minimum absolute atomic E-state index is 0.0824. The van der Waals surface area contributed by atoms with Crippen molar-refractivity contribution in [2.45, 2.75) is 185 Å². The maximum Gasteiger partial charge on any atom is 0.310 e. The number of hydrogen-bond acceptors (Lipinski definition) is 9. The van der Waals surface area contributed by atoms with Gasteiger partial charge in [0.2, 0.25) is 0 Å². The monoisotopic (exact) mass is 775 g/mol. The number of esters is 1. The molecule has 6 atom stereocenters. The molecule has 0 aliphatic carbocycles. The summed E-state index contributed by atoms with van der Waals surface area (Å²) in [5.41, 5.74) is 0. The van der Waals surface area contributed by atoms with Crippen molar-refractivity contribution in [1.82, 2.24) is 0 Å². The maximum atomic E-state index is 12.7. The van der Waals surface area contributed by atoms with Crippen LogP contribution < -0.4 is 0 Å². The van der Waals surface area contributed by atoms with E-state index in [0.29, 0.717) is 13.0 Å². The molecule has 0 radical (unpaired) electrons. The van der Waals surface area contributed by atoms with E-state index in [9.17, 15) is 25.2 Å². The van der Waals surface area contributed by atoms with E-state index in [0.717, 1.165) is 51.4 Å². The second-order valence-corrected chi connectivity index (χ2v) is 14.4. The summed E-state index contributed by atoms with van der Waals surface area (Å²) in [5.74, 6) is -0.444. The predicted octanol–water partition coefficient (Wildman–Crippen LogP) is 9.30. The molecule has 0 aromatic rings. The molecule has 6 unspecified atom stereocenters. The molecule has 0 saturated carbocycles. The Morgan fingerprint density at radius 3 is 1.65 bits per heavy atom. The van der Waals surface area contributed by atoms with E-state index in [-0.39, 0.29) is 19.6 Å². The highest BCUT2D eigenvalue weighted by molar-refractivity contribution is 5.71. The summed E-state index contributed by atoms with van der Waals surface area (Å²) in [6.45, 7) is 4.29. The van der Waals surface area contributed by atoms with E-state index in [2.05, 4.69) is 74.6 Å². The van der Waals surface area contributed by atoms with Gasteiger partial charge in [-0.05, 0) is 64.2 Å². The van der Waals surface area contributed by atoms with Crippen LogP contribution in [0.1, 0.15) is 149 Å². The van der Waals surface area contributed by atoms with Crippen LogP contribution in [0, 0.1) is 0 Å². The van der Waals surface area contributed by atoms with E-state index < -0.39 is 49.4 Å². The maximum absolute atomic E-state index is 12.7. The normalized spacial score (nSPS) is 21.5. The first-order valence-electron chi connectivity index (χ1n) is 21.5. The molecule has 0 spiro atoms. The number of rotatable bonds is 35. The summed E-state index contributed by atoms with van der Waals surface area (Å²) in [5, 5.41) is 40.0. The van der Waals surface area contributed by atoms with Gasteiger partial charge in [0, 0.05) is 6.61 Å². The molecular formula is C46H78O9. The quantitative estimate of drug-likeness (QED) is 0.0282. The van der Waals surface area contributed by atoms with Crippen LogP contribution >= 0.6 is 0 Å². The number of aliphatic hydroxyl groups is 4. The SMILES string of the molecule is CC/C=C\C/C=C\C/C=C\C/C=C\C/C=C\CC(=O)OC(COCCCCCCCC/C=C\CCCCCCCCC)COC1OC(CO)C(O)C(O)C1O. The molecule has 1 aliphatic rings. The third-order valence-corrected chi connectivity index (χ3v) is 9.39. The lowest BCUT2D eigenvalue weighted by Gasteiger charge is -2.39. The molecule has 0 aromatic carbocycles. The number of carbonyl (C=O) groups excluding carboxylic acids is 1. The van der Waals surface area contributed by atoms with Crippen LogP contribution in [0.25, 0.3) is 0 Å².